The van der Waals surface area contributed by atoms with E-state index in [9.17, 15) is 4.79 Å². The number of anilines is 1. The number of morpholine rings is 1. The van der Waals surface area contributed by atoms with E-state index in [-0.39, 0.29) is 0 Å². The predicted octanol–water partition coefficient (Wildman–Crippen LogP) is 0.877. The fourth-order valence-electron chi connectivity index (χ4n) is 1.70. The smallest absolute Gasteiger partial charge is 0.241 e. The molecule has 1 aliphatic heterocycles. The summed E-state index contributed by atoms with van der Waals surface area (Å²) in [7, 11) is 0. The van der Waals surface area contributed by atoms with Gasteiger partial charge in [0.05, 0.1) is 24.7 Å². The summed E-state index contributed by atoms with van der Waals surface area (Å²) in [5.74, 6) is 0.0651. The van der Waals surface area contributed by atoms with E-state index in [1.807, 2.05) is 6.92 Å². The molecule has 0 radical (unpaired) electrons. The Kier molecular flexibility index (Phi) is 4.75. The van der Waals surface area contributed by atoms with E-state index in [2.05, 4.69) is 9.88 Å². The van der Waals surface area contributed by atoms with E-state index >= 15 is 0 Å². The highest BCUT2D eigenvalue weighted by molar-refractivity contribution is 7.16. The van der Waals surface area contributed by atoms with Crippen molar-refractivity contribution >= 4 is 28.5 Å². The van der Waals surface area contributed by atoms with Gasteiger partial charge in [0.2, 0.25) is 11.8 Å². The highest BCUT2D eigenvalue weighted by Gasteiger charge is 2.18. The third-order valence-corrected chi connectivity index (χ3v) is 3.63. The lowest BCUT2D eigenvalue weighted by Gasteiger charge is -2.25. The number of primary amides is 1. The van der Waals surface area contributed by atoms with Crippen molar-refractivity contribution in [1.29, 1.82) is 0 Å². The molecule has 104 valence electrons. The molecule has 0 aromatic carbocycles. The Bertz CT molecular complexity index is 467. The zero-order valence-electron chi connectivity index (χ0n) is 10.8. The van der Waals surface area contributed by atoms with Crippen molar-refractivity contribution in [1.82, 2.24) is 4.98 Å². The SMILES string of the molecule is CCOc1nc(N2CCOCC2)sc1/C=C/C(N)=O. The van der Waals surface area contributed by atoms with Gasteiger partial charge in [-0.2, -0.15) is 4.98 Å². The predicted molar refractivity (Wildman–Crippen MR) is 74.5 cm³/mol. The first-order chi connectivity index (χ1) is 9.20. The molecule has 19 heavy (non-hydrogen) atoms. The number of ether oxygens (including phenoxy) is 2. The summed E-state index contributed by atoms with van der Waals surface area (Å²) in [6.07, 6.45) is 2.97. The standard InChI is InChI=1S/C12H17N3O3S/c1-2-18-11-9(3-4-10(13)16)19-12(14-11)15-5-7-17-8-6-15/h3-4H,2,5-8H2,1H3,(H2,13,16)/b4-3+. The normalized spacial score (nSPS) is 15.9. The van der Waals surface area contributed by atoms with Gasteiger partial charge in [0, 0.05) is 19.2 Å². The highest BCUT2D eigenvalue weighted by atomic mass is 32.1. The molecule has 1 amide bonds. The summed E-state index contributed by atoms with van der Waals surface area (Å²) < 4.78 is 10.8. The maximum atomic E-state index is 10.8. The number of carbonyl (C=O) groups excluding carboxylic acids is 1. The van der Waals surface area contributed by atoms with Crippen LogP contribution in [0.5, 0.6) is 5.88 Å². The van der Waals surface area contributed by atoms with Crippen LogP contribution in [0.3, 0.4) is 0 Å². The minimum atomic E-state index is -0.483. The van der Waals surface area contributed by atoms with E-state index < -0.39 is 5.91 Å². The van der Waals surface area contributed by atoms with Gasteiger partial charge in [-0.25, -0.2) is 0 Å². The lowest BCUT2D eigenvalue weighted by molar-refractivity contribution is -0.113. The third-order valence-electron chi connectivity index (χ3n) is 2.57. The van der Waals surface area contributed by atoms with Gasteiger partial charge in [0.1, 0.15) is 0 Å². The molecule has 2 rings (SSSR count). The molecule has 0 saturated carbocycles. The van der Waals surface area contributed by atoms with Crippen molar-refractivity contribution in [2.75, 3.05) is 37.8 Å². The maximum Gasteiger partial charge on any atom is 0.241 e. The number of carbonyl (C=O) groups is 1. The van der Waals surface area contributed by atoms with E-state index in [1.165, 1.54) is 17.4 Å². The van der Waals surface area contributed by atoms with Gasteiger partial charge < -0.3 is 20.1 Å². The van der Waals surface area contributed by atoms with Crippen LogP contribution in [0.4, 0.5) is 5.13 Å². The monoisotopic (exact) mass is 283 g/mol. The van der Waals surface area contributed by atoms with Crippen molar-refractivity contribution < 1.29 is 14.3 Å². The van der Waals surface area contributed by atoms with E-state index in [1.54, 1.807) is 6.08 Å². The number of nitrogens with zero attached hydrogens (tertiary/aromatic N) is 2. The average molecular weight is 283 g/mol. The minimum absolute atomic E-state index is 0.483. The second-order valence-electron chi connectivity index (χ2n) is 3.93. The van der Waals surface area contributed by atoms with Gasteiger partial charge in [0.15, 0.2) is 5.13 Å². The molecule has 0 atom stereocenters. The number of amides is 1. The Balaban J connectivity index is 2.20. The zero-order valence-corrected chi connectivity index (χ0v) is 11.6. The lowest BCUT2D eigenvalue weighted by atomic mass is 10.4. The Hall–Kier alpha value is -1.60. The quantitative estimate of drug-likeness (QED) is 0.812. The lowest BCUT2D eigenvalue weighted by Crippen LogP contribution is -2.36. The van der Waals surface area contributed by atoms with Gasteiger partial charge in [0.25, 0.3) is 0 Å². The molecule has 1 fully saturated rings. The Morgan fingerprint density at radius 1 is 1.58 bits per heavy atom. The van der Waals surface area contributed by atoms with Crippen LogP contribution in [0.25, 0.3) is 6.08 Å². The van der Waals surface area contributed by atoms with Crippen molar-refractivity contribution in [2.45, 2.75) is 6.92 Å². The van der Waals surface area contributed by atoms with Crippen molar-refractivity contribution in [3.05, 3.63) is 11.0 Å². The molecule has 0 aliphatic carbocycles. The van der Waals surface area contributed by atoms with Crippen molar-refractivity contribution in [3.63, 3.8) is 0 Å². The molecule has 6 nitrogen and oxygen atoms in total. The van der Waals surface area contributed by atoms with E-state index in [0.29, 0.717) is 25.7 Å². The van der Waals surface area contributed by atoms with E-state index in [0.717, 1.165) is 23.1 Å². The largest absolute Gasteiger partial charge is 0.477 e. The summed E-state index contributed by atoms with van der Waals surface area (Å²) in [6, 6.07) is 0. The van der Waals surface area contributed by atoms with Crippen LogP contribution in [-0.2, 0) is 9.53 Å². The van der Waals surface area contributed by atoms with Crippen LogP contribution in [0.15, 0.2) is 6.08 Å². The first kappa shape index (κ1) is 13.8. The first-order valence-electron chi connectivity index (χ1n) is 6.14. The molecule has 1 aromatic rings. The molecule has 2 heterocycles. The number of aromatic nitrogens is 1. The molecule has 1 aliphatic rings. The molecule has 7 heteroatoms. The number of hydrogen-bond donors (Lipinski definition) is 1. The van der Waals surface area contributed by atoms with Gasteiger partial charge in [-0.15, -0.1) is 0 Å². The second-order valence-corrected chi connectivity index (χ2v) is 4.94. The van der Waals surface area contributed by atoms with Gasteiger partial charge in [-0.1, -0.05) is 11.3 Å². The van der Waals surface area contributed by atoms with Crippen LogP contribution in [0.2, 0.25) is 0 Å². The molecule has 2 N–H and O–H groups in total. The first-order valence-corrected chi connectivity index (χ1v) is 6.96. The van der Waals surface area contributed by atoms with Gasteiger partial charge in [-0.3, -0.25) is 4.79 Å². The van der Waals surface area contributed by atoms with Crippen molar-refractivity contribution in [2.24, 2.45) is 5.73 Å². The molecule has 0 spiro atoms. The molecule has 1 aromatic heterocycles. The summed E-state index contributed by atoms with van der Waals surface area (Å²) in [5.41, 5.74) is 5.10. The number of thiazole rings is 1. The molecule has 0 unspecified atom stereocenters. The maximum absolute atomic E-state index is 10.8. The zero-order chi connectivity index (χ0) is 13.7. The Morgan fingerprint density at radius 3 is 2.95 bits per heavy atom. The summed E-state index contributed by atoms with van der Waals surface area (Å²) >= 11 is 1.49. The summed E-state index contributed by atoms with van der Waals surface area (Å²) in [4.78, 5) is 18.2. The van der Waals surface area contributed by atoms with Crippen LogP contribution in [0, 0.1) is 0 Å². The average Bonchev–Trinajstić information content (AvgIpc) is 2.81. The minimum Gasteiger partial charge on any atom is -0.477 e. The van der Waals surface area contributed by atoms with E-state index in [4.69, 9.17) is 15.2 Å². The Labute approximate surface area is 115 Å². The van der Waals surface area contributed by atoms with Crippen LogP contribution in [0.1, 0.15) is 11.8 Å². The fraction of sp³-hybridized carbons (Fsp3) is 0.500. The van der Waals surface area contributed by atoms with Crippen LogP contribution < -0.4 is 15.4 Å². The van der Waals surface area contributed by atoms with Gasteiger partial charge >= 0.3 is 0 Å². The third kappa shape index (κ3) is 3.68. The topological polar surface area (TPSA) is 77.7 Å². The number of rotatable bonds is 5. The van der Waals surface area contributed by atoms with Gasteiger partial charge in [-0.05, 0) is 13.0 Å². The summed E-state index contributed by atoms with van der Waals surface area (Å²) in [5, 5.41) is 0.885. The van der Waals surface area contributed by atoms with Crippen molar-refractivity contribution in [3.8, 4) is 5.88 Å². The Morgan fingerprint density at radius 2 is 2.32 bits per heavy atom. The molecule has 0 bridgehead atoms. The second kappa shape index (κ2) is 6.53. The molecular weight excluding hydrogens is 266 g/mol. The summed E-state index contributed by atoms with van der Waals surface area (Å²) in [6.45, 7) is 5.47. The van der Waals surface area contributed by atoms with Crippen LogP contribution >= 0.6 is 11.3 Å². The highest BCUT2D eigenvalue weighted by Crippen LogP contribution is 2.33. The number of hydrogen-bond acceptors (Lipinski definition) is 6. The number of nitrogens with two attached hydrogens (primary N) is 1. The van der Waals surface area contributed by atoms with Crippen LogP contribution in [-0.4, -0.2) is 43.8 Å². The fourth-order valence-corrected chi connectivity index (χ4v) is 2.66. The molecule has 1 saturated heterocycles. The molecular formula is C12H17N3O3S.